The van der Waals surface area contributed by atoms with E-state index in [9.17, 15) is 12.8 Å². The molecule has 0 aliphatic heterocycles. The fraction of sp³-hybridized carbons (Fsp3) is 0.500. The van der Waals surface area contributed by atoms with Crippen LogP contribution in [0.5, 0.6) is 0 Å². The van der Waals surface area contributed by atoms with E-state index in [-0.39, 0.29) is 28.6 Å². The third kappa shape index (κ3) is 3.28. The van der Waals surface area contributed by atoms with Crippen molar-refractivity contribution < 1.29 is 12.8 Å². The van der Waals surface area contributed by atoms with Gasteiger partial charge in [0.2, 0.25) is 10.0 Å². The summed E-state index contributed by atoms with van der Waals surface area (Å²) in [6.45, 7) is 5.16. The highest BCUT2D eigenvalue weighted by molar-refractivity contribution is 7.89. The molecule has 1 atom stereocenters. The van der Waals surface area contributed by atoms with E-state index in [1.165, 1.54) is 19.1 Å². The molecule has 0 spiro atoms. The first kappa shape index (κ1) is 15.1. The second-order valence-corrected chi connectivity index (χ2v) is 6.06. The summed E-state index contributed by atoms with van der Waals surface area (Å²) in [6, 6.07) is 2.44. The van der Waals surface area contributed by atoms with Gasteiger partial charge in [0.25, 0.3) is 0 Å². The lowest BCUT2D eigenvalue weighted by molar-refractivity contribution is 0.554. The molecule has 0 amide bonds. The van der Waals surface area contributed by atoms with Crippen molar-refractivity contribution in [1.29, 1.82) is 0 Å². The SMILES string of the molecule is CCC(C)NS(=O)(=O)c1cc(C)c(F)c(CN)c1. The molecule has 6 heteroatoms. The maximum absolute atomic E-state index is 13.6. The number of hydrogen-bond acceptors (Lipinski definition) is 3. The average Bonchev–Trinajstić information content (AvgIpc) is 2.31. The predicted molar refractivity (Wildman–Crippen MR) is 69.1 cm³/mol. The normalized spacial score (nSPS) is 13.6. The summed E-state index contributed by atoms with van der Waals surface area (Å²) in [6.07, 6.45) is 0.684. The van der Waals surface area contributed by atoms with E-state index >= 15 is 0 Å². The highest BCUT2D eigenvalue weighted by atomic mass is 32.2. The minimum absolute atomic E-state index is 0.0284. The van der Waals surface area contributed by atoms with Crippen molar-refractivity contribution in [3.63, 3.8) is 0 Å². The Hall–Kier alpha value is -0.980. The maximum Gasteiger partial charge on any atom is 0.240 e. The Bertz CT molecular complexity index is 529. The summed E-state index contributed by atoms with van der Waals surface area (Å²) in [4.78, 5) is 0.0575. The molecule has 0 aliphatic rings. The molecule has 1 unspecified atom stereocenters. The van der Waals surface area contributed by atoms with Gasteiger partial charge >= 0.3 is 0 Å². The van der Waals surface area contributed by atoms with Crippen LogP contribution in [0.1, 0.15) is 31.4 Å². The fourth-order valence-corrected chi connectivity index (χ4v) is 2.99. The van der Waals surface area contributed by atoms with E-state index in [1.54, 1.807) is 6.92 Å². The first-order valence-corrected chi connectivity index (χ1v) is 7.31. The summed E-state index contributed by atoms with van der Waals surface area (Å²) < 4.78 is 40.3. The molecular weight excluding hydrogens is 255 g/mol. The largest absolute Gasteiger partial charge is 0.326 e. The van der Waals surface area contributed by atoms with Crippen LogP contribution in [0, 0.1) is 12.7 Å². The lowest BCUT2D eigenvalue weighted by Crippen LogP contribution is -2.32. The smallest absolute Gasteiger partial charge is 0.240 e. The number of benzene rings is 1. The molecule has 1 rings (SSSR count). The Morgan fingerprint density at radius 2 is 2.06 bits per heavy atom. The molecule has 0 aliphatic carbocycles. The molecule has 0 saturated carbocycles. The summed E-state index contributed by atoms with van der Waals surface area (Å²) in [5, 5.41) is 0. The summed E-state index contributed by atoms with van der Waals surface area (Å²) in [5.74, 6) is -0.444. The lowest BCUT2D eigenvalue weighted by atomic mass is 10.1. The summed E-state index contributed by atoms with van der Waals surface area (Å²) in [5.41, 5.74) is 5.89. The van der Waals surface area contributed by atoms with Gasteiger partial charge in [0.1, 0.15) is 5.82 Å². The number of rotatable bonds is 5. The molecule has 0 heterocycles. The Morgan fingerprint density at radius 1 is 1.44 bits per heavy atom. The van der Waals surface area contributed by atoms with Crippen LogP contribution in [0.4, 0.5) is 4.39 Å². The summed E-state index contributed by atoms with van der Waals surface area (Å²) in [7, 11) is -3.62. The molecule has 102 valence electrons. The van der Waals surface area contributed by atoms with E-state index in [2.05, 4.69) is 4.72 Å². The van der Waals surface area contributed by atoms with Crippen molar-refractivity contribution in [3.05, 3.63) is 29.1 Å². The van der Waals surface area contributed by atoms with Crippen molar-refractivity contribution in [2.45, 2.75) is 44.7 Å². The van der Waals surface area contributed by atoms with E-state index in [0.29, 0.717) is 6.42 Å². The molecule has 0 fully saturated rings. The molecule has 0 saturated heterocycles. The summed E-state index contributed by atoms with van der Waals surface area (Å²) >= 11 is 0. The average molecular weight is 274 g/mol. The molecule has 3 N–H and O–H groups in total. The third-order valence-electron chi connectivity index (χ3n) is 2.80. The quantitative estimate of drug-likeness (QED) is 0.858. The van der Waals surface area contributed by atoms with Crippen molar-refractivity contribution in [3.8, 4) is 0 Å². The number of hydrogen-bond donors (Lipinski definition) is 2. The number of aryl methyl sites for hydroxylation is 1. The number of halogens is 1. The van der Waals surface area contributed by atoms with Gasteiger partial charge in [0.05, 0.1) is 4.90 Å². The van der Waals surface area contributed by atoms with Gasteiger partial charge in [-0.1, -0.05) is 6.92 Å². The first-order valence-electron chi connectivity index (χ1n) is 5.83. The predicted octanol–water partition coefficient (Wildman–Crippen LogP) is 1.67. The third-order valence-corrected chi connectivity index (χ3v) is 4.37. The van der Waals surface area contributed by atoms with Gasteiger partial charge in [0, 0.05) is 18.2 Å². The highest BCUT2D eigenvalue weighted by Gasteiger charge is 2.19. The standard InChI is InChI=1S/C12H19FN2O2S/c1-4-9(3)15-18(16,17)11-5-8(2)12(13)10(6-11)7-14/h5-6,9,15H,4,7,14H2,1-3H3. The minimum atomic E-state index is -3.62. The second-order valence-electron chi connectivity index (χ2n) is 4.35. The molecule has 1 aromatic rings. The lowest BCUT2D eigenvalue weighted by Gasteiger charge is -2.14. The Morgan fingerprint density at radius 3 is 2.56 bits per heavy atom. The van der Waals surface area contributed by atoms with Gasteiger partial charge < -0.3 is 5.73 Å². The molecule has 1 aromatic carbocycles. The van der Waals surface area contributed by atoms with E-state index in [0.717, 1.165) is 0 Å². The molecule has 4 nitrogen and oxygen atoms in total. The molecule has 0 aromatic heterocycles. The second kappa shape index (κ2) is 5.77. The van der Waals surface area contributed by atoms with Gasteiger partial charge in [-0.25, -0.2) is 17.5 Å². The van der Waals surface area contributed by atoms with Crippen molar-refractivity contribution in [2.24, 2.45) is 5.73 Å². The minimum Gasteiger partial charge on any atom is -0.326 e. The van der Waals surface area contributed by atoms with Crippen LogP contribution in [0.3, 0.4) is 0 Å². The van der Waals surface area contributed by atoms with Crippen LogP contribution in [0.2, 0.25) is 0 Å². The van der Waals surface area contributed by atoms with Crippen LogP contribution in [0.25, 0.3) is 0 Å². The van der Waals surface area contributed by atoms with Crippen LogP contribution in [-0.2, 0) is 16.6 Å². The Labute approximate surface area is 107 Å². The number of nitrogens with two attached hydrogens (primary N) is 1. The van der Waals surface area contributed by atoms with Crippen molar-refractivity contribution in [2.75, 3.05) is 0 Å². The molecule has 18 heavy (non-hydrogen) atoms. The Kier molecular flexibility index (Phi) is 4.84. The monoisotopic (exact) mass is 274 g/mol. The van der Waals surface area contributed by atoms with Gasteiger partial charge in [-0.2, -0.15) is 0 Å². The fourth-order valence-electron chi connectivity index (χ4n) is 1.53. The molecular formula is C12H19FN2O2S. The number of sulfonamides is 1. The zero-order valence-electron chi connectivity index (χ0n) is 10.8. The Balaban J connectivity index is 3.21. The van der Waals surface area contributed by atoms with Crippen LogP contribution >= 0.6 is 0 Å². The van der Waals surface area contributed by atoms with E-state index < -0.39 is 15.8 Å². The van der Waals surface area contributed by atoms with Gasteiger partial charge in [-0.15, -0.1) is 0 Å². The van der Waals surface area contributed by atoms with Crippen molar-refractivity contribution in [1.82, 2.24) is 4.72 Å². The van der Waals surface area contributed by atoms with Crippen LogP contribution < -0.4 is 10.5 Å². The zero-order valence-corrected chi connectivity index (χ0v) is 11.6. The highest BCUT2D eigenvalue weighted by Crippen LogP contribution is 2.19. The van der Waals surface area contributed by atoms with Crippen LogP contribution in [-0.4, -0.2) is 14.5 Å². The van der Waals surface area contributed by atoms with Crippen molar-refractivity contribution >= 4 is 10.0 Å². The topological polar surface area (TPSA) is 72.2 Å². The maximum atomic E-state index is 13.6. The van der Waals surface area contributed by atoms with Gasteiger partial charge in [0.15, 0.2) is 0 Å². The van der Waals surface area contributed by atoms with E-state index in [1.807, 2.05) is 6.92 Å². The first-order chi connectivity index (χ1) is 8.31. The van der Waals surface area contributed by atoms with Gasteiger partial charge in [-0.3, -0.25) is 0 Å². The van der Waals surface area contributed by atoms with Gasteiger partial charge in [-0.05, 0) is 38.0 Å². The molecule has 0 radical (unpaired) electrons. The van der Waals surface area contributed by atoms with Crippen LogP contribution in [0.15, 0.2) is 17.0 Å². The molecule has 0 bridgehead atoms. The van der Waals surface area contributed by atoms with E-state index in [4.69, 9.17) is 5.73 Å². The number of nitrogens with one attached hydrogen (secondary N) is 1. The zero-order chi connectivity index (χ0) is 13.9.